The summed E-state index contributed by atoms with van der Waals surface area (Å²) in [7, 11) is -4.24. The molecule has 8 heteroatoms. The molecule has 0 aliphatic heterocycles. The predicted molar refractivity (Wildman–Crippen MR) is 61.7 cm³/mol. The normalized spacial score (nSPS) is 9.93. The zero-order chi connectivity index (χ0) is 9.35. The van der Waals surface area contributed by atoms with E-state index < -0.39 is 7.60 Å². The molecule has 14 heavy (non-hydrogen) atoms. The van der Waals surface area contributed by atoms with E-state index in [0.29, 0.717) is 4.47 Å². The largest absolute Gasteiger partial charge is 0.398 e. The molecular weight excluding hydrogens is 291 g/mol. The fourth-order valence-electron chi connectivity index (χ4n) is 0.769. The molecule has 2 radical (unpaired) electrons. The van der Waals surface area contributed by atoms with Gasteiger partial charge in [0.15, 0.2) is 0 Å². The average molecular weight is 298 g/mol. The SMILES string of the molecule is Nc1ccc(Br)cc1P(=O)(O)O.[Na].[Na]. The minimum Gasteiger partial charge on any atom is -0.398 e. The monoisotopic (exact) mass is 297 g/mol. The first-order valence-electron chi connectivity index (χ1n) is 3.02. The minimum atomic E-state index is -4.24. The van der Waals surface area contributed by atoms with Crippen LogP contribution in [0.3, 0.4) is 0 Å². The number of nitrogens with two attached hydrogens (primary N) is 1. The van der Waals surface area contributed by atoms with Crippen molar-refractivity contribution in [2.24, 2.45) is 0 Å². The van der Waals surface area contributed by atoms with Gasteiger partial charge in [-0.05, 0) is 18.2 Å². The van der Waals surface area contributed by atoms with Crippen molar-refractivity contribution in [1.29, 1.82) is 0 Å². The molecule has 1 aromatic rings. The summed E-state index contributed by atoms with van der Waals surface area (Å²) in [4.78, 5) is 17.6. The molecule has 0 aliphatic rings. The molecule has 0 spiro atoms. The van der Waals surface area contributed by atoms with Gasteiger partial charge in [0.1, 0.15) is 0 Å². The van der Waals surface area contributed by atoms with Gasteiger partial charge in [0.25, 0.3) is 0 Å². The molecule has 0 saturated heterocycles. The number of nitrogen functional groups attached to an aromatic ring is 1. The maximum Gasteiger partial charge on any atom is 0.358 e. The molecule has 0 unspecified atom stereocenters. The molecule has 0 atom stereocenters. The number of anilines is 1. The van der Waals surface area contributed by atoms with Gasteiger partial charge in [0.2, 0.25) is 0 Å². The molecule has 0 amide bonds. The molecular formula is C6H7BrNNa2O3P. The third-order valence-electron chi connectivity index (χ3n) is 1.31. The fourth-order valence-corrected chi connectivity index (χ4v) is 2.03. The van der Waals surface area contributed by atoms with Gasteiger partial charge in [-0.15, -0.1) is 0 Å². The Bertz CT molecular complexity index is 357. The molecule has 4 nitrogen and oxygen atoms in total. The molecule has 0 aliphatic carbocycles. The van der Waals surface area contributed by atoms with Crippen LogP contribution in [0.4, 0.5) is 5.69 Å². The van der Waals surface area contributed by atoms with E-state index in [1.807, 2.05) is 0 Å². The topological polar surface area (TPSA) is 83.6 Å². The Hall–Kier alpha value is 1.65. The van der Waals surface area contributed by atoms with Crippen LogP contribution in [-0.4, -0.2) is 68.9 Å². The van der Waals surface area contributed by atoms with E-state index in [4.69, 9.17) is 15.5 Å². The minimum absolute atomic E-state index is 0. The maximum atomic E-state index is 10.8. The zero-order valence-corrected chi connectivity index (χ0v) is 14.4. The Morgan fingerprint density at radius 1 is 1.29 bits per heavy atom. The Balaban J connectivity index is 0. The Morgan fingerprint density at radius 2 is 1.79 bits per heavy atom. The van der Waals surface area contributed by atoms with E-state index in [0.717, 1.165) is 0 Å². The fraction of sp³-hybridized carbons (Fsp3) is 0. The quantitative estimate of drug-likeness (QED) is 0.389. The zero-order valence-electron chi connectivity index (χ0n) is 7.94. The van der Waals surface area contributed by atoms with E-state index in [1.165, 1.54) is 12.1 Å². The van der Waals surface area contributed by atoms with Crippen molar-refractivity contribution in [3.63, 3.8) is 0 Å². The summed E-state index contributed by atoms with van der Waals surface area (Å²) >= 11 is 3.09. The van der Waals surface area contributed by atoms with Crippen molar-refractivity contribution in [3.05, 3.63) is 22.7 Å². The predicted octanol–water partition coefficient (Wildman–Crippen LogP) is 0.0727. The first-order valence-corrected chi connectivity index (χ1v) is 5.43. The molecule has 0 heterocycles. The van der Waals surface area contributed by atoms with Crippen molar-refractivity contribution >= 4 is 93.6 Å². The van der Waals surface area contributed by atoms with Crippen LogP contribution in [-0.2, 0) is 4.57 Å². The second-order valence-electron chi connectivity index (χ2n) is 2.25. The van der Waals surface area contributed by atoms with E-state index in [2.05, 4.69) is 15.9 Å². The van der Waals surface area contributed by atoms with Crippen LogP contribution in [0.25, 0.3) is 0 Å². The number of rotatable bonds is 1. The van der Waals surface area contributed by atoms with Gasteiger partial charge >= 0.3 is 7.60 Å². The number of hydrogen-bond acceptors (Lipinski definition) is 2. The van der Waals surface area contributed by atoms with Crippen molar-refractivity contribution in [1.82, 2.24) is 0 Å². The smallest absolute Gasteiger partial charge is 0.358 e. The molecule has 1 aromatic carbocycles. The number of hydrogen-bond donors (Lipinski definition) is 3. The maximum absolute atomic E-state index is 10.8. The molecule has 0 bridgehead atoms. The molecule has 1 rings (SSSR count). The Morgan fingerprint density at radius 3 is 2.14 bits per heavy atom. The van der Waals surface area contributed by atoms with Crippen LogP contribution >= 0.6 is 23.5 Å². The second kappa shape index (κ2) is 7.07. The average Bonchev–Trinajstić information content (AvgIpc) is 1.92. The van der Waals surface area contributed by atoms with Crippen LogP contribution in [0.2, 0.25) is 0 Å². The van der Waals surface area contributed by atoms with Gasteiger partial charge in [0.05, 0.1) is 5.30 Å². The van der Waals surface area contributed by atoms with E-state index in [-0.39, 0.29) is 70.1 Å². The first kappa shape index (κ1) is 18.0. The first-order chi connectivity index (χ1) is 5.41. The van der Waals surface area contributed by atoms with Crippen molar-refractivity contribution in [3.8, 4) is 0 Å². The van der Waals surface area contributed by atoms with Crippen LogP contribution < -0.4 is 11.0 Å². The third-order valence-corrected chi connectivity index (χ3v) is 2.81. The summed E-state index contributed by atoms with van der Waals surface area (Å²) in [6.45, 7) is 0. The van der Waals surface area contributed by atoms with Gasteiger partial charge in [-0.1, -0.05) is 15.9 Å². The van der Waals surface area contributed by atoms with Gasteiger partial charge in [-0.2, -0.15) is 0 Å². The van der Waals surface area contributed by atoms with Gasteiger partial charge in [0, 0.05) is 69.3 Å². The van der Waals surface area contributed by atoms with E-state index in [1.54, 1.807) is 6.07 Å². The van der Waals surface area contributed by atoms with Crippen molar-refractivity contribution < 1.29 is 14.4 Å². The summed E-state index contributed by atoms with van der Waals surface area (Å²) < 4.78 is 11.4. The standard InChI is InChI=1S/C6H7BrNO3P.2Na/c7-4-1-2-5(8)6(3-4)12(9,10)11;;/h1-3H,8H2,(H2,9,10,11);;. The molecule has 4 N–H and O–H groups in total. The number of benzene rings is 1. The van der Waals surface area contributed by atoms with Gasteiger partial charge in [-0.3, -0.25) is 4.57 Å². The van der Waals surface area contributed by atoms with Crippen LogP contribution in [0, 0.1) is 0 Å². The Kier molecular flexibility index (Phi) is 9.10. The summed E-state index contributed by atoms with van der Waals surface area (Å²) in [6.07, 6.45) is 0. The van der Waals surface area contributed by atoms with Crippen LogP contribution in [0.5, 0.6) is 0 Å². The van der Waals surface area contributed by atoms with Crippen LogP contribution in [0.15, 0.2) is 22.7 Å². The van der Waals surface area contributed by atoms with Crippen molar-refractivity contribution in [2.45, 2.75) is 0 Å². The molecule has 0 saturated carbocycles. The van der Waals surface area contributed by atoms with Gasteiger partial charge in [-0.25, -0.2) is 0 Å². The van der Waals surface area contributed by atoms with Crippen molar-refractivity contribution in [2.75, 3.05) is 5.73 Å². The number of halogens is 1. The molecule has 0 aromatic heterocycles. The van der Waals surface area contributed by atoms with Gasteiger partial charge < -0.3 is 15.5 Å². The molecule has 68 valence electrons. The summed E-state index contributed by atoms with van der Waals surface area (Å²) in [5.74, 6) is 0. The summed E-state index contributed by atoms with van der Waals surface area (Å²) in [6, 6.07) is 4.38. The van der Waals surface area contributed by atoms with E-state index >= 15 is 0 Å². The van der Waals surface area contributed by atoms with E-state index in [9.17, 15) is 4.57 Å². The summed E-state index contributed by atoms with van der Waals surface area (Å²) in [5.41, 5.74) is 5.47. The summed E-state index contributed by atoms with van der Waals surface area (Å²) in [5, 5.41) is -0.142. The third kappa shape index (κ3) is 5.12. The second-order valence-corrected chi connectivity index (χ2v) is 4.73. The van der Waals surface area contributed by atoms with Crippen LogP contribution in [0.1, 0.15) is 0 Å². The molecule has 0 fully saturated rings. The Labute approximate surface area is 135 Å².